The maximum atomic E-state index is 12.5. The van der Waals surface area contributed by atoms with Gasteiger partial charge in [0.15, 0.2) is 0 Å². The molecule has 0 saturated carbocycles. The van der Waals surface area contributed by atoms with Crippen LogP contribution in [0.3, 0.4) is 0 Å². The van der Waals surface area contributed by atoms with Crippen molar-refractivity contribution in [3.05, 3.63) is 29.8 Å². The second-order valence-electron chi connectivity index (χ2n) is 3.75. The molecule has 1 rings (SSSR count). The van der Waals surface area contributed by atoms with E-state index in [9.17, 15) is 18.0 Å². The third-order valence-corrected chi connectivity index (χ3v) is 2.40. The lowest BCUT2D eigenvalue weighted by Gasteiger charge is -2.18. The van der Waals surface area contributed by atoms with Crippen LogP contribution in [-0.4, -0.2) is 13.0 Å². The van der Waals surface area contributed by atoms with Crippen LogP contribution in [0.25, 0.3) is 0 Å². The number of hydrogen-bond acceptors (Lipinski definition) is 1. The Morgan fingerprint density at radius 2 is 2.00 bits per heavy atom. The van der Waals surface area contributed by atoms with E-state index in [-0.39, 0.29) is 11.6 Å². The Labute approximate surface area is 98.0 Å². The van der Waals surface area contributed by atoms with Gasteiger partial charge in [-0.3, -0.25) is 4.79 Å². The number of alkyl halides is 3. The number of amides is 1. The fourth-order valence-corrected chi connectivity index (χ4v) is 1.42. The smallest absolute Gasteiger partial charge is 0.315 e. The maximum Gasteiger partial charge on any atom is 0.416 e. The number of rotatable bonds is 3. The van der Waals surface area contributed by atoms with Crippen molar-refractivity contribution >= 4 is 11.6 Å². The first-order valence-corrected chi connectivity index (χ1v) is 5.30. The summed E-state index contributed by atoms with van der Waals surface area (Å²) in [7, 11) is 1.48. The third-order valence-electron chi connectivity index (χ3n) is 2.40. The first-order valence-electron chi connectivity index (χ1n) is 5.30. The Kier molecular flexibility index (Phi) is 4.15. The lowest BCUT2D eigenvalue weighted by molar-refractivity contribution is -0.137. The molecule has 0 bridgehead atoms. The van der Waals surface area contributed by atoms with Gasteiger partial charge in [0, 0.05) is 19.2 Å². The number of anilines is 1. The molecular weight excluding hydrogens is 231 g/mol. The molecule has 0 aliphatic carbocycles. The van der Waals surface area contributed by atoms with E-state index < -0.39 is 11.7 Å². The number of nitrogens with zero attached hydrogens (tertiary/aromatic N) is 1. The second-order valence-corrected chi connectivity index (χ2v) is 3.75. The Hall–Kier alpha value is -1.52. The van der Waals surface area contributed by atoms with Gasteiger partial charge in [0.25, 0.3) is 0 Å². The van der Waals surface area contributed by atoms with Gasteiger partial charge in [0.05, 0.1) is 5.56 Å². The average Bonchev–Trinajstić information content (AvgIpc) is 2.27. The van der Waals surface area contributed by atoms with Crippen molar-refractivity contribution in [2.75, 3.05) is 11.9 Å². The summed E-state index contributed by atoms with van der Waals surface area (Å²) in [4.78, 5) is 12.8. The zero-order chi connectivity index (χ0) is 13.1. The molecule has 0 atom stereocenters. The molecule has 0 radical (unpaired) electrons. The molecule has 1 aromatic carbocycles. The van der Waals surface area contributed by atoms with Gasteiger partial charge in [-0.25, -0.2) is 0 Å². The van der Waals surface area contributed by atoms with Crippen LogP contribution in [0.4, 0.5) is 18.9 Å². The van der Waals surface area contributed by atoms with Gasteiger partial charge in [-0.15, -0.1) is 0 Å². The van der Waals surface area contributed by atoms with Crippen LogP contribution in [0, 0.1) is 0 Å². The molecule has 0 aliphatic rings. The van der Waals surface area contributed by atoms with Crippen LogP contribution in [0.1, 0.15) is 25.3 Å². The lowest BCUT2D eigenvalue weighted by Crippen LogP contribution is -2.26. The third kappa shape index (κ3) is 3.47. The highest BCUT2D eigenvalue weighted by Gasteiger charge is 2.30. The van der Waals surface area contributed by atoms with Crippen molar-refractivity contribution in [2.24, 2.45) is 0 Å². The van der Waals surface area contributed by atoms with Crippen molar-refractivity contribution in [2.45, 2.75) is 25.9 Å². The number of carbonyl (C=O) groups is 1. The summed E-state index contributed by atoms with van der Waals surface area (Å²) in [5.74, 6) is -0.188. The molecule has 0 aliphatic heterocycles. The highest BCUT2D eigenvalue weighted by Crippen LogP contribution is 2.31. The fourth-order valence-electron chi connectivity index (χ4n) is 1.42. The number of halogens is 3. The van der Waals surface area contributed by atoms with Crippen LogP contribution < -0.4 is 4.90 Å². The van der Waals surface area contributed by atoms with Gasteiger partial charge in [-0.2, -0.15) is 13.2 Å². The highest BCUT2D eigenvalue weighted by molar-refractivity contribution is 5.92. The molecule has 17 heavy (non-hydrogen) atoms. The zero-order valence-corrected chi connectivity index (χ0v) is 9.71. The predicted molar refractivity (Wildman–Crippen MR) is 59.8 cm³/mol. The topological polar surface area (TPSA) is 20.3 Å². The molecule has 1 aromatic rings. The van der Waals surface area contributed by atoms with E-state index in [0.717, 1.165) is 12.1 Å². The summed E-state index contributed by atoms with van der Waals surface area (Å²) in [6.07, 6.45) is -3.39. The van der Waals surface area contributed by atoms with Crippen molar-refractivity contribution in [1.29, 1.82) is 0 Å². The molecule has 5 heteroatoms. The molecule has 94 valence electrons. The molecule has 2 nitrogen and oxygen atoms in total. The summed E-state index contributed by atoms with van der Waals surface area (Å²) in [6, 6.07) is 4.76. The van der Waals surface area contributed by atoms with E-state index in [1.54, 1.807) is 0 Å². The maximum absolute atomic E-state index is 12.5. The normalized spacial score (nSPS) is 11.4. The molecule has 0 unspecified atom stereocenters. The van der Waals surface area contributed by atoms with E-state index >= 15 is 0 Å². The molecule has 1 amide bonds. The van der Waals surface area contributed by atoms with Crippen molar-refractivity contribution < 1.29 is 18.0 Å². The number of benzene rings is 1. The van der Waals surface area contributed by atoms with Gasteiger partial charge in [-0.1, -0.05) is 13.0 Å². The molecule has 0 fully saturated rings. The van der Waals surface area contributed by atoms with Crippen LogP contribution in [0.2, 0.25) is 0 Å². The Balaban J connectivity index is 2.96. The van der Waals surface area contributed by atoms with Crippen LogP contribution in [0.15, 0.2) is 24.3 Å². The van der Waals surface area contributed by atoms with E-state index in [0.29, 0.717) is 12.8 Å². The molecule has 0 spiro atoms. The fraction of sp³-hybridized carbons (Fsp3) is 0.417. The summed E-state index contributed by atoms with van der Waals surface area (Å²) >= 11 is 0. The van der Waals surface area contributed by atoms with Crippen LogP contribution in [0.5, 0.6) is 0 Å². The number of carbonyl (C=O) groups excluding carboxylic acids is 1. The first kappa shape index (κ1) is 13.5. The number of hydrogen-bond donors (Lipinski definition) is 0. The van der Waals surface area contributed by atoms with E-state index in [4.69, 9.17) is 0 Å². The van der Waals surface area contributed by atoms with E-state index in [1.165, 1.54) is 24.1 Å². The Bertz CT molecular complexity index is 401. The Morgan fingerprint density at radius 1 is 1.35 bits per heavy atom. The van der Waals surface area contributed by atoms with Gasteiger partial charge in [0.1, 0.15) is 0 Å². The standard InChI is InChI=1S/C12H14F3NO/c1-3-5-11(17)16(2)10-7-4-6-9(8-10)12(13,14)15/h4,6-8H,3,5H2,1-2H3. The summed E-state index contributed by atoms with van der Waals surface area (Å²) in [5, 5.41) is 0. The van der Waals surface area contributed by atoms with E-state index in [2.05, 4.69) is 0 Å². The molecule has 0 N–H and O–H groups in total. The summed E-state index contributed by atoms with van der Waals surface area (Å²) < 4.78 is 37.4. The monoisotopic (exact) mass is 245 g/mol. The highest BCUT2D eigenvalue weighted by atomic mass is 19.4. The van der Waals surface area contributed by atoms with Crippen molar-refractivity contribution in [1.82, 2.24) is 0 Å². The van der Waals surface area contributed by atoms with Gasteiger partial charge >= 0.3 is 6.18 Å². The summed E-state index contributed by atoms with van der Waals surface area (Å²) in [5.41, 5.74) is -0.482. The molecule has 0 saturated heterocycles. The molecule has 0 heterocycles. The lowest BCUT2D eigenvalue weighted by atomic mass is 10.1. The minimum absolute atomic E-state index is 0.188. The SMILES string of the molecule is CCCC(=O)N(C)c1cccc(C(F)(F)F)c1. The van der Waals surface area contributed by atoms with Crippen molar-refractivity contribution in [3.63, 3.8) is 0 Å². The quantitative estimate of drug-likeness (QED) is 0.798. The zero-order valence-electron chi connectivity index (χ0n) is 9.71. The largest absolute Gasteiger partial charge is 0.416 e. The molecular formula is C12H14F3NO. The average molecular weight is 245 g/mol. The first-order chi connectivity index (χ1) is 7.86. The van der Waals surface area contributed by atoms with Gasteiger partial charge in [-0.05, 0) is 24.6 Å². The van der Waals surface area contributed by atoms with Gasteiger partial charge < -0.3 is 4.90 Å². The molecule has 0 aromatic heterocycles. The van der Waals surface area contributed by atoms with Crippen molar-refractivity contribution in [3.8, 4) is 0 Å². The van der Waals surface area contributed by atoms with Gasteiger partial charge in [0.2, 0.25) is 5.91 Å². The minimum atomic E-state index is -4.38. The summed E-state index contributed by atoms with van der Waals surface area (Å²) in [6.45, 7) is 1.85. The van der Waals surface area contributed by atoms with E-state index in [1.807, 2.05) is 6.92 Å². The minimum Gasteiger partial charge on any atom is -0.315 e. The Morgan fingerprint density at radius 3 is 2.53 bits per heavy atom. The van der Waals surface area contributed by atoms with Crippen LogP contribution in [-0.2, 0) is 11.0 Å². The predicted octanol–water partition coefficient (Wildman–Crippen LogP) is 3.47. The van der Waals surface area contributed by atoms with Crippen LogP contribution >= 0.6 is 0 Å². The second kappa shape index (κ2) is 5.21.